The van der Waals surface area contributed by atoms with Gasteiger partial charge in [-0.25, -0.2) is 0 Å². The van der Waals surface area contributed by atoms with Crippen LogP contribution < -0.4 is 0 Å². The molecular weight excluding hydrogens is 342 g/mol. The number of hydrogen-bond donors (Lipinski definition) is 1. The van der Waals surface area contributed by atoms with E-state index in [1.54, 1.807) is 18.3 Å². The summed E-state index contributed by atoms with van der Waals surface area (Å²) >= 11 is 0. The first-order valence-electron chi connectivity index (χ1n) is 9.40. The summed E-state index contributed by atoms with van der Waals surface area (Å²) in [6.07, 6.45) is 4.45. The molecule has 2 aliphatic rings. The minimum atomic E-state index is -0.862. The predicted octanol–water partition coefficient (Wildman–Crippen LogP) is 1.88. The number of carbonyl (C=O) groups is 1. The van der Waals surface area contributed by atoms with E-state index in [9.17, 15) is 9.90 Å². The molecule has 1 saturated carbocycles. The van der Waals surface area contributed by atoms with Gasteiger partial charge in [-0.15, -0.1) is 5.10 Å². The zero-order valence-electron chi connectivity index (χ0n) is 14.9. The monoisotopic (exact) mass is 363 g/mol. The van der Waals surface area contributed by atoms with Crippen LogP contribution in [0.4, 0.5) is 0 Å². The first-order chi connectivity index (χ1) is 13.1. The summed E-state index contributed by atoms with van der Waals surface area (Å²) in [5.41, 5.74) is 1.28. The summed E-state index contributed by atoms with van der Waals surface area (Å²) in [6.45, 7) is 1.26. The molecule has 0 spiro atoms. The number of aliphatic hydroxyl groups is 1. The van der Waals surface area contributed by atoms with Crippen molar-refractivity contribution >= 4 is 11.6 Å². The van der Waals surface area contributed by atoms with Crippen molar-refractivity contribution in [1.29, 1.82) is 0 Å². The van der Waals surface area contributed by atoms with Crippen LogP contribution >= 0.6 is 0 Å². The van der Waals surface area contributed by atoms with Crippen molar-refractivity contribution in [3.8, 4) is 0 Å². The third kappa shape index (κ3) is 2.61. The number of likely N-dealkylation sites (tertiary alicyclic amines) is 1. The fourth-order valence-electron chi connectivity index (χ4n) is 4.83. The Kier molecular flexibility index (Phi) is 3.72. The van der Waals surface area contributed by atoms with Gasteiger partial charge in [0.15, 0.2) is 5.65 Å². The second-order valence-corrected chi connectivity index (χ2v) is 7.66. The zero-order valence-corrected chi connectivity index (χ0v) is 14.9. The number of benzene rings is 1. The fraction of sp³-hybridized carbons (Fsp3) is 0.400. The summed E-state index contributed by atoms with van der Waals surface area (Å²) in [7, 11) is 0. The Balaban J connectivity index is 1.43. The molecule has 7 nitrogen and oxygen atoms in total. The van der Waals surface area contributed by atoms with Crippen LogP contribution in [-0.4, -0.2) is 49.0 Å². The first-order valence-corrected chi connectivity index (χ1v) is 9.40. The summed E-state index contributed by atoms with van der Waals surface area (Å²) < 4.78 is 1.51. The van der Waals surface area contributed by atoms with Crippen LogP contribution in [0, 0.1) is 11.8 Å². The van der Waals surface area contributed by atoms with E-state index >= 15 is 0 Å². The van der Waals surface area contributed by atoms with Gasteiger partial charge in [0.1, 0.15) is 0 Å². The van der Waals surface area contributed by atoms with Gasteiger partial charge in [0.25, 0.3) is 5.91 Å². The molecule has 3 heterocycles. The van der Waals surface area contributed by atoms with Crippen LogP contribution in [0.15, 0.2) is 48.7 Å². The van der Waals surface area contributed by atoms with Gasteiger partial charge in [0, 0.05) is 25.2 Å². The van der Waals surface area contributed by atoms with Crippen LogP contribution in [0.3, 0.4) is 0 Å². The van der Waals surface area contributed by atoms with Gasteiger partial charge in [-0.3, -0.25) is 4.79 Å². The van der Waals surface area contributed by atoms with Gasteiger partial charge < -0.3 is 10.0 Å². The number of tetrazole rings is 1. The highest BCUT2D eigenvalue weighted by atomic mass is 16.3. The maximum atomic E-state index is 13.1. The molecule has 1 N–H and O–H groups in total. The fourth-order valence-corrected chi connectivity index (χ4v) is 4.83. The van der Waals surface area contributed by atoms with E-state index in [4.69, 9.17) is 0 Å². The SMILES string of the molecule is O=C(c1ccc2nnnn2c1)N1C[C@@H]2CCC[C@@](O)(c3ccccc3)[C@@H]2C1. The Morgan fingerprint density at radius 1 is 1.15 bits per heavy atom. The van der Waals surface area contributed by atoms with Gasteiger partial charge in [-0.05, 0) is 53.3 Å². The molecule has 27 heavy (non-hydrogen) atoms. The molecule has 1 saturated heterocycles. The van der Waals surface area contributed by atoms with Crippen molar-refractivity contribution in [2.45, 2.75) is 24.9 Å². The number of nitrogens with zero attached hydrogens (tertiary/aromatic N) is 5. The van der Waals surface area contributed by atoms with Crippen LogP contribution in [0.5, 0.6) is 0 Å². The number of amides is 1. The highest BCUT2D eigenvalue weighted by Gasteiger charge is 2.50. The molecule has 2 fully saturated rings. The quantitative estimate of drug-likeness (QED) is 0.752. The van der Waals surface area contributed by atoms with Crippen molar-refractivity contribution in [3.63, 3.8) is 0 Å². The van der Waals surface area contributed by atoms with Crippen molar-refractivity contribution in [3.05, 3.63) is 59.8 Å². The van der Waals surface area contributed by atoms with Crippen molar-refractivity contribution in [2.24, 2.45) is 11.8 Å². The van der Waals surface area contributed by atoms with Gasteiger partial charge in [-0.2, -0.15) is 4.52 Å². The van der Waals surface area contributed by atoms with Crippen LogP contribution in [0.2, 0.25) is 0 Å². The van der Waals surface area contributed by atoms with Crippen LogP contribution in [-0.2, 0) is 5.60 Å². The highest BCUT2D eigenvalue weighted by molar-refractivity contribution is 5.94. The Morgan fingerprint density at radius 3 is 2.85 bits per heavy atom. The summed E-state index contributed by atoms with van der Waals surface area (Å²) in [5.74, 6) is 0.358. The number of aromatic nitrogens is 4. The maximum absolute atomic E-state index is 13.1. The Labute approximate surface area is 156 Å². The van der Waals surface area contributed by atoms with Crippen molar-refractivity contribution in [2.75, 3.05) is 13.1 Å². The predicted molar refractivity (Wildman–Crippen MR) is 97.9 cm³/mol. The molecule has 5 rings (SSSR count). The molecule has 0 bridgehead atoms. The summed E-state index contributed by atoms with van der Waals surface area (Å²) in [5, 5.41) is 22.9. The molecule has 3 aromatic rings. The topological polar surface area (TPSA) is 83.6 Å². The van der Waals surface area contributed by atoms with Crippen molar-refractivity contribution in [1.82, 2.24) is 24.9 Å². The smallest absolute Gasteiger partial charge is 0.255 e. The highest BCUT2D eigenvalue weighted by Crippen LogP contribution is 2.48. The second-order valence-electron chi connectivity index (χ2n) is 7.66. The summed E-state index contributed by atoms with van der Waals surface area (Å²) in [4.78, 5) is 14.9. The van der Waals surface area contributed by atoms with E-state index in [1.807, 2.05) is 35.2 Å². The first kappa shape index (κ1) is 16.4. The number of carbonyl (C=O) groups excluding carboxylic acids is 1. The Hall–Kier alpha value is -2.80. The van der Waals surface area contributed by atoms with E-state index in [0.717, 1.165) is 24.8 Å². The zero-order chi connectivity index (χ0) is 18.4. The molecule has 138 valence electrons. The van der Waals surface area contributed by atoms with E-state index in [1.165, 1.54) is 4.52 Å². The van der Waals surface area contributed by atoms with E-state index in [2.05, 4.69) is 15.5 Å². The molecule has 7 heteroatoms. The van der Waals surface area contributed by atoms with E-state index in [0.29, 0.717) is 30.2 Å². The van der Waals surface area contributed by atoms with Crippen LogP contribution in [0.1, 0.15) is 35.2 Å². The summed E-state index contributed by atoms with van der Waals surface area (Å²) in [6, 6.07) is 13.4. The number of rotatable bonds is 2. The minimum absolute atomic E-state index is 0.0304. The number of pyridine rings is 1. The number of hydrogen-bond acceptors (Lipinski definition) is 5. The molecular formula is C20H21N5O2. The average molecular weight is 363 g/mol. The van der Waals surface area contributed by atoms with Crippen LogP contribution in [0.25, 0.3) is 5.65 Å². The maximum Gasteiger partial charge on any atom is 0.255 e. The van der Waals surface area contributed by atoms with E-state index < -0.39 is 5.60 Å². The molecule has 1 aliphatic heterocycles. The van der Waals surface area contributed by atoms with Crippen molar-refractivity contribution < 1.29 is 9.90 Å². The molecule has 1 aromatic carbocycles. The van der Waals surface area contributed by atoms with E-state index in [-0.39, 0.29) is 11.8 Å². The molecule has 3 atom stereocenters. The van der Waals surface area contributed by atoms with Gasteiger partial charge in [0.05, 0.1) is 11.2 Å². The van der Waals surface area contributed by atoms with Gasteiger partial charge >= 0.3 is 0 Å². The normalized spacial score (nSPS) is 27.7. The third-order valence-corrected chi connectivity index (χ3v) is 6.19. The lowest BCUT2D eigenvalue weighted by Gasteiger charge is -2.41. The Morgan fingerprint density at radius 2 is 2.00 bits per heavy atom. The minimum Gasteiger partial charge on any atom is -0.385 e. The lowest BCUT2D eigenvalue weighted by molar-refractivity contribution is -0.0644. The third-order valence-electron chi connectivity index (χ3n) is 6.19. The largest absolute Gasteiger partial charge is 0.385 e. The number of fused-ring (bicyclic) bond motifs is 2. The lowest BCUT2D eigenvalue weighted by Crippen LogP contribution is -2.42. The molecule has 0 unspecified atom stereocenters. The molecule has 0 radical (unpaired) electrons. The standard InChI is InChI=1S/C20H21N5O2/c26-19(15-8-9-18-21-22-23-25(18)12-15)24-11-14-5-4-10-20(27,17(14)13-24)16-6-2-1-3-7-16/h1-3,6-9,12,14,17,27H,4-5,10-11,13H2/t14-,17+,20+/m0/s1. The Bertz CT molecular complexity index is 988. The molecule has 1 amide bonds. The molecule has 1 aliphatic carbocycles. The second kappa shape index (κ2) is 6.13. The van der Waals surface area contributed by atoms with Gasteiger partial charge in [-0.1, -0.05) is 30.3 Å². The lowest BCUT2D eigenvalue weighted by atomic mass is 9.67. The molecule has 2 aromatic heterocycles. The average Bonchev–Trinajstić information content (AvgIpc) is 3.35. The van der Waals surface area contributed by atoms with Gasteiger partial charge in [0.2, 0.25) is 0 Å².